The van der Waals surface area contributed by atoms with Crippen LogP contribution in [0.1, 0.15) is 31.2 Å². The van der Waals surface area contributed by atoms with Crippen LogP contribution in [-0.4, -0.2) is 54.9 Å². The zero-order chi connectivity index (χ0) is 19.5. The summed E-state index contributed by atoms with van der Waals surface area (Å²) in [6.45, 7) is 10.2. The van der Waals surface area contributed by atoms with E-state index in [-0.39, 0.29) is 18.0 Å². The van der Waals surface area contributed by atoms with E-state index < -0.39 is 0 Å². The second-order valence-corrected chi connectivity index (χ2v) is 6.81. The van der Waals surface area contributed by atoms with E-state index in [1.54, 1.807) is 7.11 Å². The molecule has 5 heteroatoms. The molecule has 0 bridgehead atoms. The largest absolute Gasteiger partial charge is 0.383 e. The van der Waals surface area contributed by atoms with Gasteiger partial charge in [-0.2, -0.15) is 0 Å². The zero-order valence-electron chi connectivity index (χ0n) is 16.4. The van der Waals surface area contributed by atoms with Crippen LogP contribution in [0.15, 0.2) is 55.6 Å². The molecule has 0 radical (unpaired) electrons. The lowest BCUT2D eigenvalue weighted by molar-refractivity contribution is -0.155. The molecule has 0 unspecified atom stereocenters. The van der Waals surface area contributed by atoms with Crippen molar-refractivity contribution in [1.29, 1.82) is 0 Å². The first kappa shape index (κ1) is 21.4. The second-order valence-electron chi connectivity index (χ2n) is 6.81. The van der Waals surface area contributed by atoms with E-state index in [0.29, 0.717) is 26.2 Å². The van der Waals surface area contributed by atoms with E-state index >= 15 is 0 Å². The molecule has 0 aromatic heterocycles. The minimum atomic E-state index is -0.0760. The highest BCUT2D eigenvalue weighted by molar-refractivity contribution is 5.86. The van der Waals surface area contributed by atoms with Gasteiger partial charge in [0.1, 0.15) is 0 Å². The van der Waals surface area contributed by atoms with Gasteiger partial charge in [-0.1, -0.05) is 43.0 Å². The maximum atomic E-state index is 12.7. The van der Waals surface area contributed by atoms with Crippen molar-refractivity contribution in [3.8, 4) is 0 Å². The van der Waals surface area contributed by atoms with Crippen LogP contribution in [0.25, 0.3) is 0 Å². The van der Waals surface area contributed by atoms with E-state index in [0.717, 1.165) is 31.4 Å². The third-order valence-corrected chi connectivity index (χ3v) is 4.87. The number of hydrazine groups is 1. The normalized spacial score (nSPS) is 18.2. The van der Waals surface area contributed by atoms with Gasteiger partial charge in [0, 0.05) is 20.3 Å². The van der Waals surface area contributed by atoms with E-state index in [1.807, 2.05) is 41.4 Å². The van der Waals surface area contributed by atoms with Crippen LogP contribution < -0.4 is 0 Å². The van der Waals surface area contributed by atoms with Crippen molar-refractivity contribution in [1.82, 2.24) is 10.0 Å². The topological polar surface area (TPSA) is 42.0 Å². The van der Waals surface area contributed by atoms with Crippen molar-refractivity contribution < 1.29 is 14.3 Å². The minimum Gasteiger partial charge on any atom is -0.383 e. The quantitative estimate of drug-likeness (QED) is 0.319. The van der Waals surface area contributed by atoms with Gasteiger partial charge in [0.05, 0.1) is 25.3 Å². The first-order valence-electron chi connectivity index (χ1n) is 9.65. The Labute approximate surface area is 163 Å². The van der Waals surface area contributed by atoms with E-state index in [2.05, 4.69) is 18.2 Å². The Bertz CT molecular complexity index is 590. The summed E-state index contributed by atoms with van der Waals surface area (Å²) >= 11 is 0. The van der Waals surface area contributed by atoms with Gasteiger partial charge in [0.15, 0.2) is 0 Å². The number of hydrogen-bond donors (Lipinski definition) is 0. The third kappa shape index (κ3) is 6.31. The molecule has 1 fully saturated rings. The van der Waals surface area contributed by atoms with Gasteiger partial charge >= 0.3 is 0 Å². The molecule has 1 heterocycles. The Morgan fingerprint density at radius 1 is 1.37 bits per heavy atom. The summed E-state index contributed by atoms with van der Waals surface area (Å²) in [6, 6.07) is 10.3. The number of benzene rings is 1. The van der Waals surface area contributed by atoms with E-state index in [4.69, 9.17) is 9.47 Å². The van der Waals surface area contributed by atoms with Crippen molar-refractivity contribution in [2.24, 2.45) is 0 Å². The van der Waals surface area contributed by atoms with E-state index in [1.165, 1.54) is 6.08 Å². The summed E-state index contributed by atoms with van der Waals surface area (Å²) in [7, 11) is 1.70. The average Bonchev–Trinajstić information content (AvgIpc) is 3.14. The molecule has 148 valence electrons. The van der Waals surface area contributed by atoms with Gasteiger partial charge in [-0.15, -0.1) is 6.58 Å². The molecule has 2 rings (SSSR count). The first-order valence-corrected chi connectivity index (χ1v) is 9.65. The van der Waals surface area contributed by atoms with Gasteiger partial charge in [0.2, 0.25) is 0 Å². The Balaban J connectivity index is 2.00. The van der Waals surface area contributed by atoms with Crippen LogP contribution >= 0.6 is 0 Å². The summed E-state index contributed by atoms with van der Waals surface area (Å²) in [4.78, 5) is 12.7. The number of amides is 1. The van der Waals surface area contributed by atoms with Crippen LogP contribution in [0.4, 0.5) is 0 Å². The highest BCUT2D eigenvalue weighted by Crippen LogP contribution is 2.24. The fourth-order valence-corrected chi connectivity index (χ4v) is 3.59. The SMILES string of the molecule is C=CC[C@H](CCOCc1ccccc1)N(C(=O)C=C)N1CCC[C@H]1COC. The molecule has 5 nitrogen and oxygen atoms in total. The Kier molecular flexibility index (Phi) is 9.25. The molecule has 27 heavy (non-hydrogen) atoms. The van der Waals surface area contributed by atoms with Crippen LogP contribution in [0.3, 0.4) is 0 Å². The van der Waals surface area contributed by atoms with Crippen LogP contribution in [0.5, 0.6) is 0 Å². The molecule has 1 amide bonds. The highest BCUT2D eigenvalue weighted by Gasteiger charge is 2.35. The maximum absolute atomic E-state index is 12.7. The molecule has 1 aromatic carbocycles. The summed E-state index contributed by atoms with van der Waals surface area (Å²) in [5.74, 6) is -0.0760. The number of carbonyl (C=O) groups is 1. The third-order valence-electron chi connectivity index (χ3n) is 4.87. The van der Waals surface area contributed by atoms with Gasteiger partial charge in [0.25, 0.3) is 5.91 Å². The molecule has 0 saturated carbocycles. The standard InChI is InChI=1S/C22H32N2O3/c1-4-10-20(14-16-27-17-19-11-7-6-8-12-19)24(22(25)5-2)23-15-9-13-21(23)18-26-3/h4-8,11-12,20-21H,1-2,9-10,13-18H2,3H3/t20-,21+/m1/s1. The van der Waals surface area contributed by atoms with Crippen molar-refractivity contribution in [3.05, 3.63) is 61.2 Å². The zero-order valence-corrected chi connectivity index (χ0v) is 16.4. The van der Waals surface area contributed by atoms with Gasteiger partial charge in [-0.25, -0.2) is 5.01 Å². The predicted octanol–water partition coefficient (Wildman–Crippen LogP) is 3.58. The molecule has 1 aromatic rings. The van der Waals surface area contributed by atoms with Crippen LogP contribution in [0, 0.1) is 0 Å². The molecule has 1 aliphatic heterocycles. The number of hydrogen-bond acceptors (Lipinski definition) is 4. The number of ether oxygens (including phenoxy) is 2. The fourth-order valence-electron chi connectivity index (χ4n) is 3.59. The van der Waals surface area contributed by atoms with Crippen molar-refractivity contribution in [3.63, 3.8) is 0 Å². The highest BCUT2D eigenvalue weighted by atomic mass is 16.5. The van der Waals surface area contributed by atoms with Crippen molar-refractivity contribution >= 4 is 5.91 Å². The first-order chi connectivity index (χ1) is 13.2. The summed E-state index contributed by atoms with van der Waals surface area (Å²) in [5.41, 5.74) is 1.15. The lowest BCUT2D eigenvalue weighted by Gasteiger charge is -2.40. The van der Waals surface area contributed by atoms with Gasteiger partial charge in [-0.05, 0) is 37.3 Å². The van der Waals surface area contributed by atoms with Crippen LogP contribution in [0.2, 0.25) is 0 Å². The number of nitrogens with zero attached hydrogens (tertiary/aromatic N) is 2. The summed E-state index contributed by atoms with van der Waals surface area (Å²) in [5, 5.41) is 4.01. The van der Waals surface area contributed by atoms with Crippen molar-refractivity contribution in [2.45, 2.75) is 44.4 Å². The number of methoxy groups -OCH3 is 1. The molecule has 0 N–H and O–H groups in total. The molecule has 0 spiro atoms. The molecule has 1 aliphatic rings. The molecule has 0 aliphatic carbocycles. The van der Waals surface area contributed by atoms with E-state index in [9.17, 15) is 4.79 Å². The molecular weight excluding hydrogens is 340 g/mol. The van der Waals surface area contributed by atoms with Gasteiger partial charge < -0.3 is 9.47 Å². The molecular formula is C22H32N2O3. The Morgan fingerprint density at radius 3 is 2.81 bits per heavy atom. The predicted molar refractivity (Wildman–Crippen MR) is 108 cm³/mol. The second kappa shape index (κ2) is 11.7. The smallest absolute Gasteiger partial charge is 0.260 e. The number of rotatable bonds is 12. The average molecular weight is 373 g/mol. The lowest BCUT2D eigenvalue weighted by Crippen LogP contribution is -2.54. The maximum Gasteiger partial charge on any atom is 0.260 e. The van der Waals surface area contributed by atoms with Gasteiger partial charge in [-0.3, -0.25) is 9.80 Å². The minimum absolute atomic E-state index is 0.00114. The Morgan fingerprint density at radius 2 is 2.15 bits per heavy atom. The fraction of sp³-hybridized carbons (Fsp3) is 0.500. The Hall–Kier alpha value is -1.95. The number of carbonyl (C=O) groups excluding carboxylic acids is 1. The van der Waals surface area contributed by atoms with Crippen LogP contribution in [-0.2, 0) is 20.9 Å². The molecule has 1 saturated heterocycles. The van der Waals surface area contributed by atoms with Crippen molar-refractivity contribution in [2.75, 3.05) is 26.9 Å². The summed E-state index contributed by atoms with van der Waals surface area (Å²) < 4.78 is 11.2. The summed E-state index contributed by atoms with van der Waals surface area (Å²) in [6.07, 6.45) is 6.80. The molecule has 2 atom stereocenters. The monoisotopic (exact) mass is 372 g/mol. The lowest BCUT2D eigenvalue weighted by atomic mass is 10.1.